The molecule has 0 unspecified atom stereocenters. The van der Waals surface area contributed by atoms with E-state index in [1.807, 2.05) is 0 Å². The number of hydrogen-bond donors (Lipinski definition) is 2. The Bertz CT molecular complexity index is 259. The Labute approximate surface area is 68.1 Å². The van der Waals surface area contributed by atoms with Crippen molar-refractivity contribution in [2.75, 3.05) is 13.2 Å². The molecule has 2 aliphatic heterocycles. The van der Waals surface area contributed by atoms with E-state index in [9.17, 15) is 4.79 Å². The van der Waals surface area contributed by atoms with Crippen LogP contribution in [0, 0.1) is 0 Å². The van der Waals surface area contributed by atoms with Crippen LogP contribution in [0.15, 0.2) is 15.7 Å². The highest BCUT2D eigenvalue weighted by molar-refractivity contribution is 8.17. The van der Waals surface area contributed by atoms with Crippen LogP contribution in [-0.2, 0) is 4.79 Å². The lowest BCUT2D eigenvalue weighted by Gasteiger charge is -2.21. The van der Waals surface area contributed by atoms with Crippen molar-refractivity contribution in [3.63, 3.8) is 0 Å². The molecule has 0 aromatic carbocycles. The quantitative estimate of drug-likeness (QED) is 0.520. The lowest BCUT2D eigenvalue weighted by atomic mass is 10.4. The van der Waals surface area contributed by atoms with E-state index in [4.69, 9.17) is 0 Å². The van der Waals surface area contributed by atoms with Gasteiger partial charge in [-0.2, -0.15) is 0 Å². The fourth-order valence-corrected chi connectivity index (χ4v) is 1.69. The van der Waals surface area contributed by atoms with E-state index >= 15 is 0 Å². The summed E-state index contributed by atoms with van der Waals surface area (Å²) in [6.07, 6.45) is 1.76. The third-order valence-electron chi connectivity index (χ3n) is 1.43. The monoisotopic (exact) mass is 169 g/mol. The van der Waals surface area contributed by atoms with Crippen molar-refractivity contribution in [1.29, 1.82) is 0 Å². The largest absolute Gasteiger partial charge is 0.374 e. The second kappa shape index (κ2) is 2.58. The number of rotatable bonds is 0. The van der Waals surface area contributed by atoms with Gasteiger partial charge >= 0.3 is 0 Å². The normalized spacial score (nSPS) is 22.4. The zero-order valence-corrected chi connectivity index (χ0v) is 6.57. The fourth-order valence-electron chi connectivity index (χ4n) is 0.943. The van der Waals surface area contributed by atoms with Gasteiger partial charge in [0.2, 0.25) is 5.12 Å². The molecule has 0 spiro atoms. The zero-order valence-electron chi connectivity index (χ0n) is 5.76. The van der Waals surface area contributed by atoms with E-state index in [2.05, 4.69) is 15.6 Å². The lowest BCUT2D eigenvalue weighted by molar-refractivity contribution is -0.110. The first kappa shape index (κ1) is 6.72. The molecule has 0 saturated heterocycles. The summed E-state index contributed by atoms with van der Waals surface area (Å²) in [5.41, 5.74) is 0.931. The van der Waals surface area contributed by atoms with Crippen LogP contribution in [0.3, 0.4) is 0 Å². The van der Waals surface area contributed by atoms with Gasteiger partial charge < -0.3 is 10.6 Å². The molecule has 0 amide bonds. The van der Waals surface area contributed by atoms with Crippen LogP contribution in [0.4, 0.5) is 0 Å². The van der Waals surface area contributed by atoms with Crippen molar-refractivity contribution >= 4 is 23.1 Å². The van der Waals surface area contributed by atoms with Crippen molar-refractivity contribution in [2.45, 2.75) is 0 Å². The van der Waals surface area contributed by atoms with Gasteiger partial charge in [-0.25, -0.2) is 0 Å². The first-order valence-corrected chi connectivity index (χ1v) is 4.10. The van der Waals surface area contributed by atoms with Gasteiger partial charge in [0.25, 0.3) is 0 Å². The number of carbonyl (C=O) groups excluding carboxylic acids is 1. The minimum atomic E-state index is 0.145. The summed E-state index contributed by atoms with van der Waals surface area (Å²) in [5.74, 6) is 0. The summed E-state index contributed by atoms with van der Waals surface area (Å²) in [7, 11) is 0. The lowest BCUT2D eigenvalue weighted by Crippen LogP contribution is -2.33. The van der Waals surface area contributed by atoms with E-state index in [-0.39, 0.29) is 5.12 Å². The molecule has 0 aliphatic carbocycles. The molecular weight excluding hydrogens is 162 g/mol. The van der Waals surface area contributed by atoms with Crippen molar-refractivity contribution in [1.82, 2.24) is 10.6 Å². The third kappa shape index (κ3) is 1.23. The molecule has 4 nitrogen and oxygen atoms in total. The van der Waals surface area contributed by atoms with Crippen LogP contribution in [0.2, 0.25) is 0 Å². The molecular formula is C6H7N3OS. The predicted octanol–water partition coefficient (Wildman–Crippen LogP) is -0.350. The SMILES string of the molecule is O=C1CNC2=C(NCN=C2)S1. The molecule has 5 heteroatoms. The first-order valence-electron chi connectivity index (χ1n) is 3.29. The van der Waals surface area contributed by atoms with Crippen molar-refractivity contribution < 1.29 is 4.79 Å². The van der Waals surface area contributed by atoms with Gasteiger partial charge in [0.15, 0.2) is 0 Å². The number of hydrogen-bond acceptors (Lipinski definition) is 5. The summed E-state index contributed by atoms with van der Waals surface area (Å²) in [6.45, 7) is 0.970. The van der Waals surface area contributed by atoms with E-state index < -0.39 is 0 Å². The second-order valence-electron chi connectivity index (χ2n) is 2.22. The summed E-state index contributed by atoms with van der Waals surface area (Å²) in [5, 5.41) is 7.03. The predicted molar refractivity (Wildman–Crippen MR) is 44.1 cm³/mol. The molecule has 2 heterocycles. The smallest absolute Gasteiger partial charge is 0.214 e. The number of carbonyl (C=O) groups is 1. The Morgan fingerprint density at radius 2 is 2.45 bits per heavy atom. The molecule has 2 rings (SSSR count). The van der Waals surface area contributed by atoms with E-state index in [0.29, 0.717) is 13.2 Å². The Morgan fingerprint density at radius 1 is 1.55 bits per heavy atom. The first-order chi connectivity index (χ1) is 5.36. The van der Waals surface area contributed by atoms with Crippen molar-refractivity contribution in [3.8, 4) is 0 Å². The van der Waals surface area contributed by atoms with Gasteiger partial charge in [0.1, 0.15) is 11.7 Å². The van der Waals surface area contributed by atoms with E-state index in [1.165, 1.54) is 11.8 Å². The maximum absolute atomic E-state index is 10.9. The van der Waals surface area contributed by atoms with Crippen LogP contribution in [0.25, 0.3) is 0 Å². The summed E-state index contributed by atoms with van der Waals surface area (Å²) < 4.78 is 0. The van der Waals surface area contributed by atoms with Crippen molar-refractivity contribution in [3.05, 3.63) is 10.7 Å². The van der Waals surface area contributed by atoms with Crippen LogP contribution >= 0.6 is 11.8 Å². The van der Waals surface area contributed by atoms with Crippen LogP contribution in [0.1, 0.15) is 0 Å². The van der Waals surface area contributed by atoms with Gasteiger partial charge in [-0.05, 0) is 11.8 Å². The Kier molecular flexibility index (Phi) is 1.58. The van der Waals surface area contributed by atoms with E-state index in [1.54, 1.807) is 6.21 Å². The summed E-state index contributed by atoms with van der Waals surface area (Å²) >= 11 is 1.25. The Balaban J connectivity index is 2.26. The molecule has 0 aromatic heterocycles. The van der Waals surface area contributed by atoms with Gasteiger partial charge in [-0.1, -0.05) is 0 Å². The highest BCUT2D eigenvalue weighted by atomic mass is 32.2. The average molecular weight is 169 g/mol. The molecule has 0 bridgehead atoms. The van der Waals surface area contributed by atoms with Crippen molar-refractivity contribution in [2.24, 2.45) is 4.99 Å². The number of nitrogens with one attached hydrogen (secondary N) is 2. The minimum absolute atomic E-state index is 0.145. The van der Waals surface area contributed by atoms with Crippen LogP contribution < -0.4 is 10.6 Å². The second-order valence-corrected chi connectivity index (χ2v) is 3.28. The van der Waals surface area contributed by atoms with Gasteiger partial charge in [-0.3, -0.25) is 9.79 Å². The molecule has 0 aromatic rings. The molecule has 2 N–H and O–H groups in total. The zero-order chi connectivity index (χ0) is 7.68. The highest BCUT2D eigenvalue weighted by Crippen LogP contribution is 2.20. The Morgan fingerprint density at radius 3 is 3.36 bits per heavy atom. The molecule has 2 aliphatic rings. The molecule has 11 heavy (non-hydrogen) atoms. The number of nitrogens with zero attached hydrogens (tertiary/aromatic N) is 1. The number of allylic oxidation sites excluding steroid dienone is 1. The van der Waals surface area contributed by atoms with E-state index in [0.717, 1.165) is 10.7 Å². The summed E-state index contributed by atoms with van der Waals surface area (Å²) in [4.78, 5) is 14.9. The Hall–Kier alpha value is -0.970. The standard InChI is InChI=1S/C6H7N3OS/c10-5-2-8-4-1-7-3-9-6(4)11-5/h1,8-9H,2-3H2. The third-order valence-corrected chi connectivity index (χ3v) is 2.38. The van der Waals surface area contributed by atoms with Gasteiger partial charge in [-0.15, -0.1) is 0 Å². The van der Waals surface area contributed by atoms with Crippen LogP contribution in [-0.4, -0.2) is 24.5 Å². The maximum Gasteiger partial charge on any atom is 0.214 e. The number of aliphatic imine (C=N–C) groups is 1. The molecule has 0 radical (unpaired) electrons. The summed E-state index contributed by atoms with van der Waals surface area (Å²) in [6, 6.07) is 0. The maximum atomic E-state index is 10.9. The molecule has 0 saturated carbocycles. The number of thioether (sulfide) groups is 1. The topological polar surface area (TPSA) is 53.5 Å². The van der Waals surface area contributed by atoms with Gasteiger partial charge in [0, 0.05) is 6.21 Å². The van der Waals surface area contributed by atoms with Gasteiger partial charge in [0.05, 0.1) is 12.2 Å². The molecule has 0 atom stereocenters. The molecule has 58 valence electrons. The molecule has 0 fully saturated rings. The fraction of sp³-hybridized carbons (Fsp3) is 0.333. The minimum Gasteiger partial charge on any atom is -0.374 e. The highest BCUT2D eigenvalue weighted by Gasteiger charge is 2.18. The van der Waals surface area contributed by atoms with Crippen LogP contribution in [0.5, 0.6) is 0 Å². The average Bonchev–Trinajstić information content (AvgIpc) is 2.04.